The first-order valence-electron chi connectivity index (χ1n) is 10.1. The zero-order valence-corrected chi connectivity index (χ0v) is 18.6. The maximum atomic E-state index is 10.6. The van der Waals surface area contributed by atoms with Gasteiger partial charge in [0.2, 0.25) is 0 Å². The van der Waals surface area contributed by atoms with E-state index in [0.29, 0.717) is 5.92 Å². The van der Waals surface area contributed by atoms with Gasteiger partial charge in [-0.3, -0.25) is 4.99 Å². The molecule has 0 fully saturated rings. The highest BCUT2D eigenvalue weighted by atomic mass is 32.2. The summed E-state index contributed by atoms with van der Waals surface area (Å²) in [7, 11) is 1.71. The average molecular weight is 467 g/mol. The van der Waals surface area contributed by atoms with E-state index in [1.54, 1.807) is 18.9 Å². The van der Waals surface area contributed by atoms with E-state index in [1.165, 1.54) is 35.1 Å². The predicted octanol–water partition coefficient (Wildman–Crippen LogP) is 5.22. The number of aliphatic imine (C=N–C) groups is 1. The quantitative estimate of drug-likeness (QED) is 0.634. The molecule has 0 spiro atoms. The highest BCUT2D eigenvalue weighted by molar-refractivity contribution is 8.13. The Balaban J connectivity index is 0.000000360. The SMILES string of the molecule is COc1cccc(-c2ccc3c(c2)[C@@]2(C)N=C(N)SC[C@H]2CCC3)c1.O=C(O)C(F)(F)F. The number of fused-ring (bicyclic) bond motifs is 3. The van der Waals surface area contributed by atoms with Gasteiger partial charge in [-0.2, -0.15) is 13.2 Å². The number of methoxy groups -OCH3 is 1. The molecule has 0 amide bonds. The zero-order chi connectivity index (χ0) is 23.5. The molecule has 1 heterocycles. The smallest absolute Gasteiger partial charge is 0.490 e. The molecular formula is C23H25F3N2O3S. The molecule has 0 aromatic heterocycles. The highest BCUT2D eigenvalue weighted by Gasteiger charge is 2.41. The number of alkyl halides is 3. The van der Waals surface area contributed by atoms with E-state index in [1.807, 2.05) is 12.1 Å². The van der Waals surface area contributed by atoms with Crippen LogP contribution in [0.25, 0.3) is 11.1 Å². The molecule has 0 radical (unpaired) electrons. The summed E-state index contributed by atoms with van der Waals surface area (Å²) in [4.78, 5) is 13.8. The number of benzene rings is 2. The van der Waals surface area contributed by atoms with E-state index in [9.17, 15) is 13.2 Å². The minimum absolute atomic E-state index is 0.212. The molecule has 4 rings (SSSR count). The topological polar surface area (TPSA) is 84.9 Å². The van der Waals surface area contributed by atoms with Crippen molar-refractivity contribution in [3.05, 3.63) is 53.6 Å². The first kappa shape index (κ1) is 24.0. The number of aliphatic carboxylic acids is 1. The molecular weight excluding hydrogens is 441 g/mol. The van der Waals surface area contributed by atoms with Gasteiger partial charge in [0.1, 0.15) is 5.75 Å². The molecule has 2 aliphatic rings. The monoisotopic (exact) mass is 466 g/mol. The van der Waals surface area contributed by atoms with Crippen molar-refractivity contribution in [3.63, 3.8) is 0 Å². The van der Waals surface area contributed by atoms with E-state index in [4.69, 9.17) is 25.4 Å². The summed E-state index contributed by atoms with van der Waals surface area (Å²) in [6.07, 6.45) is -1.52. The molecule has 2 aromatic carbocycles. The third-order valence-electron chi connectivity index (χ3n) is 5.87. The maximum absolute atomic E-state index is 10.6. The third kappa shape index (κ3) is 5.20. The molecule has 1 aliphatic heterocycles. The Bertz CT molecular complexity index is 1030. The Morgan fingerprint density at radius 2 is 1.94 bits per heavy atom. The third-order valence-corrected chi connectivity index (χ3v) is 6.83. The van der Waals surface area contributed by atoms with Crippen LogP contribution in [0.2, 0.25) is 0 Å². The van der Waals surface area contributed by atoms with Crippen molar-refractivity contribution in [3.8, 4) is 16.9 Å². The fourth-order valence-electron chi connectivity index (χ4n) is 4.13. The fraction of sp³-hybridized carbons (Fsp3) is 0.391. The molecule has 32 heavy (non-hydrogen) atoms. The number of rotatable bonds is 2. The largest absolute Gasteiger partial charge is 0.497 e. The Hall–Kier alpha value is -2.68. The average Bonchev–Trinajstić information content (AvgIpc) is 2.89. The summed E-state index contributed by atoms with van der Waals surface area (Å²) in [6.45, 7) is 2.27. The number of carbonyl (C=O) groups is 1. The second kappa shape index (κ2) is 9.44. The Morgan fingerprint density at radius 3 is 2.59 bits per heavy atom. The zero-order valence-electron chi connectivity index (χ0n) is 17.8. The van der Waals surface area contributed by atoms with Gasteiger partial charge in [0.15, 0.2) is 5.17 Å². The minimum Gasteiger partial charge on any atom is -0.497 e. The summed E-state index contributed by atoms with van der Waals surface area (Å²) in [5.41, 5.74) is 11.1. The van der Waals surface area contributed by atoms with Gasteiger partial charge in [-0.05, 0) is 72.6 Å². The second-order valence-electron chi connectivity index (χ2n) is 7.90. The highest BCUT2D eigenvalue weighted by Crippen LogP contribution is 2.46. The van der Waals surface area contributed by atoms with E-state index in [0.717, 1.165) is 23.1 Å². The van der Waals surface area contributed by atoms with Crippen molar-refractivity contribution in [1.82, 2.24) is 0 Å². The molecule has 9 heteroatoms. The lowest BCUT2D eigenvalue weighted by Gasteiger charge is -2.37. The number of nitrogens with zero attached hydrogens (tertiary/aromatic N) is 1. The lowest BCUT2D eigenvalue weighted by atomic mass is 9.78. The molecule has 5 nitrogen and oxygen atoms in total. The molecule has 0 unspecified atom stereocenters. The molecule has 0 saturated carbocycles. The van der Waals surface area contributed by atoms with Crippen LogP contribution in [-0.2, 0) is 16.8 Å². The summed E-state index contributed by atoms with van der Waals surface area (Å²) in [6, 6.07) is 15.1. The number of carboxylic acids is 1. The van der Waals surface area contributed by atoms with Crippen LogP contribution in [0.5, 0.6) is 5.75 Å². The van der Waals surface area contributed by atoms with Crippen molar-refractivity contribution in [2.24, 2.45) is 16.6 Å². The number of thioether (sulfide) groups is 1. The van der Waals surface area contributed by atoms with E-state index >= 15 is 0 Å². The number of hydrogen-bond acceptors (Lipinski definition) is 5. The van der Waals surface area contributed by atoms with Crippen molar-refractivity contribution < 1.29 is 27.8 Å². The van der Waals surface area contributed by atoms with E-state index in [-0.39, 0.29) is 5.54 Å². The Kier molecular flexibility index (Phi) is 7.07. The number of nitrogens with two attached hydrogens (primary N) is 1. The molecule has 172 valence electrons. The molecule has 0 bridgehead atoms. The van der Waals surface area contributed by atoms with E-state index in [2.05, 4.69) is 37.3 Å². The van der Waals surface area contributed by atoms with Gasteiger partial charge < -0.3 is 15.6 Å². The standard InChI is InChI=1S/C21H24N2OS.C2HF3O2/c1-21-17(13-25-20(22)23-21)7-3-5-14-9-10-16(12-19(14)21)15-6-4-8-18(11-15)24-2;3-2(4,5)1(6)7/h4,6,8-12,17H,3,5,7,13H2,1-2H3,(H2,22,23);(H,6,7)/t17-,21+;/m1./s1. The number of carboxylic acid groups (broad SMARTS) is 1. The molecule has 3 N–H and O–H groups in total. The number of ether oxygens (including phenoxy) is 1. The van der Waals surface area contributed by atoms with Crippen molar-refractivity contribution in [2.45, 2.75) is 37.9 Å². The number of halogens is 3. The van der Waals surface area contributed by atoms with Crippen LogP contribution in [0.15, 0.2) is 47.5 Å². The predicted molar refractivity (Wildman–Crippen MR) is 120 cm³/mol. The van der Waals surface area contributed by atoms with Crippen LogP contribution < -0.4 is 10.5 Å². The van der Waals surface area contributed by atoms with Gasteiger partial charge in [0.05, 0.1) is 12.6 Å². The first-order valence-corrected chi connectivity index (χ1v) is 11.1. The van der Waals surface area contributed by atoms with Crippen LogP contribution in [0.3, 0.4) is 0 Å². The molecule has 2 aromatic rings. The molecule has 1 aliphatic carbocycles. The van der Waals surface area contributed by atoms with Crippen LogP contribution in [0, 0.1) is 5.92 Å². The number of aryl methyl sites for hydroxylation is 1. The van der Waals surface area contributed by atoms with Gasteiger partial charge >= 0.3 is 12.1 Å². The van der Waals surface area contributed by atoms with Crippen molar-refractivity contribution in [1.29, 1.82) is 0 Å². The lowest BCUT2D eigenvalue weighted by molar-refractivity contribution is -0.192. The van der Waals surface area contributed by atoms with Gasteiger partial charge in [-0.1, -0.05) is 36.0 Å². The maximum Gasteiger partial charge on any atom is 0.490 e. The van der Waals surface area contributed by atoms with Crippen LogP contribution >= 0.6 is 11.8 Å². The van der Waals surface area contributed by atoms with Gasteiger partial charge in [0, 0.05) is 5.75 Å². The summed E-state index contributed by atoms with van der Waals surface area (Å²) < 4.78 is 37.1. The number of amidine groups is 1. The Morgan fingerprint density at radius 1 is 1.25 bits per heavy atom. The van der Waals surface area contributed by atoms with E-state index < -0.39 is 12.1 Å². The summed E-state index contributed by atoms with van der Waals surface area (Å²) >= 11 is 1.70. The summed E-state index contributed by atoms with van der Waals surface area (Å²) in [5, 5.41) is 7.85. The molecule has 0 saturated heterocycles. The molecule has 2 atom stereocenters. The first-order chi connectivity index (χ1) is 15.0. The van der Waals surface area contributed by atoms with Gasteiger partial charge in [-0.25, -0.2) is 4.79 Å². The second-order valence-corrected chi connectivity index (χ2v) is 8.94. The van der Waals surface area contributed by atoms with Crippen molar-refractivity contribution in [2.75, 3.05) is 12.9 Å². The van der Waals surface area contributed by atoms with Crippen molar-refractivity contribution >= 4 is 22.9 Å². The summed E-state index contributed by atoms with van der Waals surface area (Å²) in [5.74, 6) is -0.263. The number of hydrogen-bond donors (Lipinski definition) is 2. The van der Waals surface area contributed by atoms with Crippen LogP contribution in [0.4, 0.5) is 13.2 Å². The van der Waals surface area contributed by atoms with Gasteiger partial charge in [-0.15, -0.1) is 0 Å². The lowest BCUT2D eigenvalue weighted by Crippen LogP contribution is -2.37. The van der Waals surface area contributed by atoms with Gasteiger partial charge in [0.25, 0.3) is 0 Å². The van der Waals surface area contributed by atoms with Crippen LogP contribution in [0.1, 0.15) is 30.9 Å². The fourth-order valence-corrected chi connectivity index (χ4v) is 5.25. The minimum atomic E-state index is -5.08. The normalized spacial score (nSPS) is 22.3. The Labute approximate surface area is 188 Å². The van der Waals surface area contributed by atoms with Crippen LogP contribution in [-0.4, -0.2) is 35.3 Å².